The SMILES string of the molecule is CC1=C(C(=O)OC2CCCC2C)C(c2ccccc2I)NC(=O)N1C. The lowest BCUT2D eigenvalue weighted by Gasteiger charge is -2.34. The summed E-state index contributed by atoms with van der Waals surface area (Å²) in [6, 6.07) is 7.07. The van der Waals surface area contributed by atoms with Gasteiger partial charge in [-0.05, 0) is 66.3 Å². The zero-order valence-electron chi connectivity index (χ0n) is 14.7. The van der Waals surface area contributed by atoms with E-state index in [0.29, 0.717) is 17.2 Å². The lowest BCUT2D eigenvalue weighted by Crippen LogP contribution is -2.46. The molecular weight excluding hydrogens is 431 g/mol. The van der Waals surface area contributed by atoms with Crippen molar-refractivity contribution >= 4 is 34.6 Å². The number of rotatable bonds is 3. The molecule has 6 heteroatoms. The molecule has 134 valence electrons. The summed E-state index contributed by atoms with van der Waals surface area (Å²) in [5, 5.41) is 2.94. The van der Waals surface area contributed by atoms with E-state index in [1.807, 2.05) is 24.3 Å². The molecule has 2 aliphatic rings. The first kappa shape index (κ1) is 18.2. The maximum atomic E-state index is 13.0. The third kappa shape index (κ3) is 3.54. The first-order valence-electron chi connectivity index (χ1n) is 8.60. The molecule has 3 atom stereocenters. The zero-order chi connectivity index (χ0) is 18.1. The van der Waals surface area contributed by atoms with Crippen molar-refractivity contribution in [2.24, 2.45) is 5.92 Å². The maximum Gasteiger partial charge on any atom is 0.338 e. The van der Waals surface area contributed by atoms with Crippen LogP contribution in [0.5, 0.6) is 0 Å². The number of halogens is 1. The van der Waals surface area contributed by atoms with E-state index in [0.717, 1.165) is 28.4 Å². The van der Waals surface area contributed by atoms with Gasteiger partial charge in [-0.1, -0.05) is 25.1 Å². The van der Waals surface area contributed by atoms with Crippen LogP contribution in [0.4, 0.5) is 4.79 Å². The summed E-state index contributed by atoms with van der Waals surface area (Å²) in [7, 11) is 1.67. The Bertz CT molecular complexity index is 731. The molecule has 25 heavy (non-hydrogen) atoms. The Hall–Kier alpha value is -1.57. The minimum absolute atomic E-state index is 0.0359. The molecule has 1 aromatic rings. The van der Waals surface area contributed by atoms with Gasteiger partial charge in [-0.15, -0.1) is 0 Å². The van der Waals surface area contributed by atoms with Crippen LogP contribution in [0, 0.1) is 9.49 Å². The average molecular weight is 454 g/mol. The molecule has 0 radical (unpaired) electrons. The van der Waals surface area contributed by atoms with Crippen LogP contribution in [-0.2, 0) is 9.53 Å². The minimum atomic E-state index is -0.485. The molecule has 3 unspecified atom stereocenters. The Morgan fingerprint density at radius 2 is 2.04 bits per heavy atom. The third-order valence-electron chi connectivity index (χ3n) is 5.23. The number of hydrogen-bond acceptors (Lipinski definition) is 3. The lowest BCUT2D eigenvalue weighted by atomic mass is 9.95. The van der Waals surface area contributed by atoms with Crippen LogP contribution in [0.25, 0.3) is 0 Å². The number of nitrogens with one attached hydrogen (secondary N) is 1. The van der Waals surface area contributed by atoms with Crippen LogP contribution >= 0.6 is 22.6 Å². The summed E-state index contributed by atoms with van der Waals surface area (Å²) in [5.74, 6) is 0.0591. The van der Waals surface area contributed by atoms with Crippen LogP contribution in [0.2, 0.25) is 0 Å². The van der Waals surface area contributed by atoms with Gasteiger partial charge in [0.15, 0.2) is 0 Å². The zero-order valence-corrected chi connectivity index (χ0v) is 16.9. The molecule has 0 spiro atoms. The number of ether oxygens (including phenoxy) is 1. The quantitative estimate of drug-likeness (QED) is 0.555. The van der Waals surface area contributed by atoms with Crippen molar-refractivity contribution in [3.8, 4) is 0 Å². The van der Waals surface area contributed by atoms with Crippen molar-refractivity contribution in [3.05, 3.63) is 44.7 Å². The largest absolute Gasteiger partial charge is 0.459 e. The highest BCUT2D eigenvalue weighted by Crippen LogP contribution is 2.35. The van der Waals surface area contributed by atoms with Gasteiger partial charge < -0.3 is 15.0 Å². The van der Waals surface area contributed by atoms with Crippen molar-refractivity contribution < 1.29 is 14.3 Å². The number of hydrogen-bond donors (Lipinski definition) is 1. The standard InChI is InChI=1S/C19H23IN2O3/c1-11-7-6-10-15(11)25-18(23)16-12(2)22(3)19(24)21-17(16)13-8-4-5-9-14(13)20/h4-5,8-9,11,15,17H,6-7,10H2,1-3H3,(H,21,24). The number of amides is 2. The molecule has 0 bridgehead atoms. The van der Waals surface area contributed by atoms with E-state index in [4.69, 9.17) is 4.74 Å². The van der Waals surface area contributed by atoms with Gasteiger partial charge in [-0.2, -0.15) is 0 Å². The number of allylic oxidation sites excluding steroid dienone is 1. The van der Waals surface area contributed by atoms with E-state index in [1.54, 1.807) is 14.0 Å². The first-order chi connectivity index (χ1) is 11.9. The fraction of sp³-hybridized carbons (Fsp3) is 0.474. The molecule has 1 saturated carbocycles. The van der Waals surface area contributed by atoms with Gasteiger partial charge in [0, 0.05) is 16.3 Å². The van der Waals surface area contributed by atoms with Gasteiger partial charge in [0.2, 0.25) is 0 Å². The minimum Gasteiger partial charge on any atom is -0.459 e. The highest BCUT2D eigenvalue weighted by molar-refractivity contribution is 14.1. The molecule has 1 fully saturated rings. The van der Waals surface area contributed by atoms with Gasteiger partial charge >= 0.3 is 12.0 Å². The number of benzene rings is 1. The van der Waals surface area contributed by atoms with Crippen LogP contribution in [0.15, 0.2) is 35.5 Å². The summed E-state index contributed by atoms with van der Waals surface area (Å²) in [5.41, 5.74) is 2.07. The van der Waals surface area contributed by atoms with E-state index in [-0.39, 0.29) is 18.1 Å². The summed E-state index contributed by atoms with van der Waals surface area (Å²) in [4.78, 5) is 26.8. The molecule has 3 rings (SSSR count). The molecule has 0 aromatic heterocycles. The average Bonchev–Trinajstić information content (AvgIpc) is 2.97. The van der Waals surface area contributed by atoms with Crippen LogP contribution < -0.4 is 5.32 Å². The Balaban J connectivity index is 1.97. The number of nitrogens with zero attached hydrogens (tertiary/aromatic N) is 1. The van der Waals surface area contributed by atoms with Gasteiger partial charge in [0.25, 0.3) is 0 Å². The second-order valence-electron chi connectivity index (χ2n) is 6.81. The number of esters is 1. The predicted molar refractivity (Wildman–Crippen MR) is 104 cm³/mol. The Labute approximate surface area is 161 Å². The topological polar surface area (TPSA) is 58.6 Å². The number of carbonyl (C=O) groups excluding carboxylic acids is 2. The van der Waals surface area contributed by atoms with E-state index in [2.05, 4.69) is 34.8 Å². The smallest absolute Gasteiger partial charge is 0.338 e. The Morgan fingerprint density at radius 3 is 2.68 bits per heavy atom. The van der Waals surface area contributed by atoms with Crippen molar-refractivity contribution in [1.29, 1.82) is 0 Å². The van der Waals surface area contributed by atoms with Gasteiger partial charge in [0.05, 0.1) is 11.6 Å². The molecule has 1 aromatic carbocycles. The van der Waals surface area contributed by atoms with Crippen molar-refractivity contribution in [3.63, 3.8) is 0 Å². The first-order valence-corrected chi connectivity index (χ1v) is 9.68. The number of urea groups is 1. The molecule has 1 N–H and O–H groups in total. The Morgan fingerprint density at radius 1 is 1.32 bits per heavy atom. The molecule has 5 nitrogen and oxygen atoms in total. The lowest BCUT2D eigenvalue weighted by molar-refractivity contribution is -0.146. The predicted octanol–water partition coefficient (Wildman–Crippen LogP) is 3.99. The van der Waals surface area contributed by atoms with E-state index in [9.17, 15) is 9.59 Å². The van der Waals surface area contributed by atoms with Crippen molar-refractivity contribution in [2.45, 2.75) is 45.3 Å². The van der Waals surface area contributed by atoms with Crippen LogP contribution in [-0.4, -0.2) is 30.1 Å². The molecular formula is C19H23IN2O3. The molecule has 0 saturated heterocycles. The van der Waals surface area contributed by atoms with E-state index >= 15 is 0 Å². The van der Waals surface area contributed by atoms with Gasteiger partial charge in [-0.25, -0.2) is 9.59 Å². The fourth-order valence-electron chi connectivity index (χ4n) is 3.53. The number of carbonyl (C=O) groups is 2. The monoisotopic (exact) mass is 454 g/mol. The van der Waals surface area contributed by atoms with Gasteiger partial charge in [0.1, 0.15) is 6.10 Å². The van der Waals surface area contributed by atoms with Crippen molar-refractivity contribution in [1.82, 2.24) is 10.2 Å². The van der Waals surface area contributed by atoms with Gasteiger partial charge in [-0.3, -0.25) is 0 Å². The molecule has 1 aliphatic heterocycles. The molecule has 1 heterocycles. The highest BCUT2D eigenvalue weighted by atomic mass is 127. The Kier molecular flexibility index (Phi) is 5.36. The third-order valence-corrected chi connectivity index (χ3v) is 6.21. The summed E-state index contributed by atoms with van der Waals surface area (Å²) < 4.78 is 6.83. The van der Waals surface area contributed by atoms with E-state index < -0.39 is 6.04 Å². The van der Waals surface area contributed by atoms with Crippen LogP contribution in [0.3, 0.4) is 0 Å². The van der Waals surface area contributed by atoms with Crippen LogP contribution in [0.1, 0.15) is 44.7 Å². The fourth-order valence-corrected chi connectivity index (χ4v) is 4.23. The van der Waals surface area contributed by atoms with E-state index in [1.165, 1.54) is 4.90 Å². The second kappa shape index (κ2) is 7.35. The molecule has 1 aliphatic carbocycles. The second-order valence-corrected chi connectivity index (χ2v) is 7.98. The summed E-state index contributed by atoms with van der Waals surface area (Å²) >= 11 is 2.23. The summed E-state index contributed by atoms with van der Waals surface area (Å²) in [6.07, 6.45) is 3.06. The summed E-state index contributed by atoms with van der Waals surface area (Å²) in [6.45, 7) is 3.93. The molecule has 2 amide bonds. The normalized spacial score (nSPS) is 26.6. The maximum absolute atomic E-state index is 13.0. The highest BCUT2D eigenvalue weighted by Gasteiger charge is 2.37. The van der Waals surface area contributed by atoms with Crippen molar-refractivity contribution in [2.75, 3.05) is 7.05 Å².